The molecule has 0 unspecified atom stereocenters. The van der Waals surface area contributed by atoms with Gasteiger partial charge in [0.1, 0.15) is 16.9 Å². The number of amides is 1. The lowest BCUT2D eigenvalue weighted by molar-refractivity contribution is -0.145. The summed E-state index contributed by atoms with van der Waals surface area (Å²) < 4.78 is 0. The number of carbonyl (C=O) groups excluding carboxylic acids is 1. The van der Waals surface area contributed by atoms with Crippen molar-refractivity contribution in [3.05, 3.63) is 23.2 Å². The molecule has 0 bridgehead atoms. The van der Waals surface area contributed by atoms with Gasteiger partial charge in [0.15, 0.2) is 0 Å². The molecule has 96 valence electrons. The first-order chi connectivity index (χ1) is 8.40. The van der Waals surface area contributed by atoms with Crippen molar-refractivity contribution in [2.75, 3.05) is 0 Å². The first-order valence-electron chi connectivity index (χ1n) is 4.63. The zero-order valence-corrected chi connectivity index (χ0v) is 9.59. The van der Waals surface area contributed by atoms with E-state index in [0.29, 0.717) is 0 Å². The summed E-state index contributed by atoms with van der Waals surface area (Å²) in [7, 11) is 0. The Kier molecular flexibility index (Phi) is 4.55. The van der Waals surface area contributed by atoms with Crippen molar-refractivity contribution >= 4 is 29.4 Å². The standard InChI is InChI=1S/C9H8ClN3O5/c10-6-3-11-2-5(12-6)8(16)13-4(9(17)18)1-7(14)15/h2-4H,1H2,(H,13,16)(H,14,15)(H,17,18)/t4-/m0/s1. The molecular weight excluding hydrogens is 266 g/mol. The molecule has 0 aliphatic rings. The summed E-state index contributed by atoms with van der Waals surface area (Å²) >= 11 is 5.51. The summed E-state index contributed by atoms with van der Waals surface area (Å²) in [4.78, 5) is 39.9. The summed E-state index contributed by atoms with van der Waals surface area (Å²) in [6.45, 7) is 0. The second-order valence-electron chi connectivity index (χ2n) is 3.19. The first-order valence-corrected chi connectivity index (χ1v) is 5.01. The van der Waals surface area contributed by atoms with Crippen molar-refractivity contribution in [2.24, 2.45) is 0 Å². The van der Waals surface area contributed by atoms with E-state index in [9.17, 15) is 14.4 Å². The van der Waals surface area contributed by atoms with Crippen LogP contribution in [0, 0.1) is 0 Å². The summed E-state index contributed by atoms with van der Waals surface area (Å²) in [6, 6.07) is -1.55. The minimum Gasteiger partial charge on any atom is -0.481 e. The average Bonchev–Trinajstić information content (AvgIpc) is 2.27. The van der Waals surface area contributed by atoms with E-state index in [2.05, 4.69) is 9.97 Å². The Balaban J connectivity index is 2.78. The normalized spacial score (nSPS) is 11.6. The van der Waals surface area contributed by atoms with Gasteiger partial charge in [-0.15, -0.1) is 0 Å². The van der Waals surface area contributed by atoms with Crippen molar-refractivity contribution in [3.63, 3.8) is 0 Å². The van der Waals surface area contributed by atoms with Gasteiger partial charge >= 0.3 is 11.9 Å². The van der Waals surface area contributed by atoms with Gasteiger partial charge in [-0.3, -0.25) is 14.6 Å². The smallest absolute Gasteiger partial charge is 0.326 e. The maximum atomic E-state index is 11.6. The lowest BCUT2D eigenvalue weighted by Crippen LogP contribution is -2.42. The number of hydrogen-bond acceptors (Lipinski definition) is 5. The minimum atomic E-state index is -1.55. The monoisotopic (exact) mass is 273 g/mol. The Hall–Kier alpha value is -2.22. The fourth-order valence-corrected chi connectivity index (χ4v) is 1.21. The molecule has 1 heterocycles. The van der Waals surface area contributed by atoms with Gasteiger partial charge in [0, 0.05) is 0 Å². The number of nitrogens with zero attached hydrogens (tertiary/aromatic N) is 2. The number of carboxylic acid groups (broad SMARTS) is 2. The molecular formula is C9H8ClN3O5. The molecule has 8 nitrogen and oxygen atoms in total. The summed E-state index contributed by atoms with van der Waals surface area (Å²) in [6.07, 6.45) is 1.54. The molecule has 0 radical (unpaired) electrons. The third kappa shape index (κ3) is 3.98. The number of carboxylic acids is 2. The maximum Gasteiger partial charge on any atom is 0.326 e. The Labute approximate surface area is 106 Å². The molecule has 0 spiro atoms. The van der Waals surface area contributed by atoms with E-state index in [1.54, 1.807) is 0 Å². The molecule has 1 amide bonds. The van der Waals surface area contributed by atoms with Gasteiger partial charge < -0.3 is 15.5 Å². The van der Waals surface area contributed by atoms with Crippen LogP contribution in [-0.4, -0.2) is 44.1 Å². The fraction of sp³-hybridized carbons (Fsp3) is 0.222. The number of halogens is 1. The van der Waals surface area contributed by atoms with E-state index in [1.807, 2.05) is 5.32 Å². The van der Waals surface area contributed by atoms with Crippen LogP contribution in [0.2, 0.25) is 5.15 Å². The van der Waals surface area contributed by atoms with E-state index in [-0.39, 0.29) is 10.8 Å². The van der Waals surface area contributed by atoms with Crippen LogP contribution in [0.1, 0.15) is 16.9 Å². The van der Waals surface area contributed by atoms with Crippen LogP contribution in [0.5, 0.6) is 0 Å². The van der Waals surface area contributed by atoms with Crippen LogP contribution in [0.15, 0.2) is 12.4 Å². The molecule has 1 aromatic rings. The van der Waals surface area contributed by atoms with Crippen LogP contribution < -0.4 is 5.32 Å². The average molecular weight is 274 g/mol. The van der Waals surface area contributed by atoms with E-state index < -0.39 is 30.3 Å². The molecule has 9 heteroatoms. The van der Waals surface area contributed by atoms with Crippen LogP contribution in [0.4, 0.5) is 0 Å². The highest BCUT2D eigenvalue weighted by Gasteiger charge is 2.24. The Bertz CT molecular complexity index is 493. The number of aliphatic carboxylic acids is 2. The number of hydrogen-bond donors (Lipinski definition) is 3. The highest BCUT2D eigenvalue weighted by atomic mass is 35.5. The molecule has 0 fully saturated rings. The third-order valence-corrected chi connectivity index (χ3v) is 2.00. The Morgan fingerprint density at radius 3 is 2.50 bits per heavy atom. The van der Waals surface area contributed by atoms with Crippen molar-refractivity contribution in [1.82, 2.24) is 15.3 Å². The second-order valence-corrected chi connectivity index (χ2v) is 3.58. The molecule has 3 N–H and O–H groups in total. The highest BCUT2D eigenvalue weighted by molar-refractivity contribution is 6.29. The Morgan fingerprint density at radius 2 is 2.00 bits per heavy atom. The molecule has 18 heavy (non-hydrogen) atoms. The molecule has 0 aromatic carbocycles. The molecule has 0 aliphatic heterocycles. The maximum absolute atomic E-state index is 11.6. The van der Waals surface area contributed by atoms with Gasteiger partial charge in [-0.25, -0.2) is 9.78 Å². The number of rotatable bonds is 5. The van der Waals surface area contributed by atoms with Gasteiger partial charge in [0.25, 0.3) is 5.91 Å². The van der Waals surface area contributed by atoms with Crippen LogP contribution in [0.25, 0.3) is 0 Å². The molecule has 1 atom stereocenters. The topological polar surface area (TPSA) is 129 Å². The lowest BCUT2D eigenvalue weighted by Gasteiger charge is -2.11. The van der Waals surface area contributed by atoms with Gasteiger partial charge in [0.05, 0.1) is 18.8 Å². The van der Waals surface area contributed by atoms with Crippen molar-refractivity contribution in [3.8, 4) is 0 Å². The van der Waals surface area contributed by atoms with Gasteiger partial charge in [-0.1, -0.05) is 11.6 Å². The highest BCUT2D eigenvalue weighted by Crippen LogP contribution is 2.03. The van der Waals surface area contributed by atoms with Crippen LogP contribution in [-0.2, 0) is 9.59 Å². The Morgan fingerprint density at radius 1 is 1.33 bits per heavy atom. The number of aromatic nitrogens is 2. The number of carbonyl (C=O) groups is 3. The molecule has 0 saturated carbocycles. The first kappa shape index (κ1) is 13.8. The van der Waals surface area contributed by atoms with Crippen LogP contribution >= 0.6 is 11.6 Å². The van der Waals surface area contributed by atoms with Gasteiger partial charge in [-0.2, -0.15) is 0 Å². The fourth-order valence-electron chi connectivity index (χ4n) is 1.06. The molecule has 0 aliphatic carbocycles. The SMILES string of the molecule is O=C(O)C[C@H](NC(=O)c1cncc(Cl)n1)C(=O)O. The van der Waals surface area contributed by atoms with Gasteiger partial charge in [0.2, 0.25) is 0 Å². The molecule has 1 aromatic heterocycles. The lowest BCUT2D eigenvalue weighted by atomic mass is 10.2. The van der Waals surface area contributed by atoms with E-state index in [1.165, 1.54) is 6.20 Å². The summed E-state index contributed by atoms with van der Waals surface area (Å²) in [5.74, 6) is -3.67. The number of nitrogens with one attached hydrogen (secondary N) is 1. The quantitative estimate of drug-likeness (QED) is 0.676. The zero-order chi connectivity index (χ0) is 13.7. The molecule has 0 saturated heterocycles. The van der Waals surface area contributed by atoms with Gasteiger partial charge in [-0.05, 0) is 0 Å². The van der Waals surface area contributed by atoms with E-state index >= 15 is 0 Å². The van der Waals surface area contributed by atoms with Crippen molar-refractivity contribution in [1.29, 1.82) is 0 Å². The predicted octanol–water partition coefficient (Wildman–Crippen LogP) is -0.212. The largest absolute Gasteiger partial charge is 0.481 e. The zero-order valence-electron chi connectivity index (χ0n) is 8.83. The summed E-state index contributed by atoms with van der Waals surface area (Å²) in [5.41, 5.74) is -0.195. The predicted molar refractivity (Wildman–Crippen MR) is 58.2 cm³/mol. The van der Waals surface area contributed by atoms with Crippen molar-refractivity contribution in [2.45, 2.75) is 12.5 Å². The van der Waals surface area contributed by atoms with Crippen molar-refractivity contribution < 1.29 is 24.6 Å². The van der Waals surface area contributed by atoms with Crippen LogP contribution in [0.3, 0.4) is 0 Å². The summed E-state index contributed by atoms with van der Waals surface area (Å²) in [5, 5.41) is 19.2. The third-order valence-electron chi connectivity index (χ3n) is 1.82. The molecule has 1 rings (SSSR count). The van der Waals surface area contributed by atoms with E-state index in [0.717, 1.165) is 6.20 Å². The van der Waals surface area contributed by atoms with E-state index in [4.69, 9.17) is 21.8 Å². The minimum absolute atomic E-state index is 0.0345. The second kappa shape index (κ2) is 5.92.